The Bertz CT molecular complexity index is 911. The van der Waals surface area contributed by atoms with Crippen LogP contribution in [0.2, 0.25) is 10.0 Å². The molecule has 7 heteroatoms. The zero-order valence-electron chi connectivity index (χ0n) is 12.1. The molecule has 0 bridgehead atoms. The van der Waals surface area contributed by atoms with Gasteiger partial charge in [0.2, 0.25) is 0 Å². The number of nitrogens with zero attached hydrogens (tertiary/aromatic N) is 1. The molecule has 1 aliphatic rings. The molecule has 2 amide bonds. The van der Waals surface area contributed by atoms with Crippen LogP contribution in [-0.2, 0) is 4.79 Å². The van der Waals surface area contributed by atoms with Gasteiger partial charge in [-0.15, -0.1) is 6.42 Å². The van der Waals surface area contributed by atoms with Gasteiger partial charge in [-0.3, -0.25) is 14.5 Å². The number of thioether (sulfide) groups is 1. The van der Waals surface area contributed by atoms with Crippen molar-refractivity contribution < 1.29 is 14.0 Å². The van der Waals surface area contributed by atoms with Gasteiger partial charge in [0.15, 0.2) is 0 Å². The molecule has 1 saturated heterocycles. The number of carbonyl (C=O) groups excluding carboxylic acids is 2. The highest BCUT2D eigenvalue weighted by Gasteiger charge is 2.34. The van der Waals surface area contributed by atoms with E-state index in [1.807, 2.05) is 0 Å². The van der Waals surface area contributed by atoms with Crippen LogP contribution in [0, 0.1) is 12.3 Å². The average Bonchev–Trinajstić information content (AvgIpc) is 3.11. The maximum absolute atomic E-state index is 12.1. The van der Waals surface area contributed by atoms with E-state index in [-0.39, 0.29) is 11.4 Å². The number of benzene rings is 1. The van der Waals surface area contributed by atoms with Crippen molar-refractivity contribution >= 4 is 52.2 Å². The molecule has 2 aromatic rings. The molecule has 4 nitrogen and oxygen atoms in total. The molecule has 0 saturated carbocycles. The van der Waals surface area contributed by atoms with Gasteiger partial charge in [0.05, 0.1) is 21.5 Å². The second kappa shape index (κ2) is 6.78. The van der Waals surface area contributed by atoms with Gasteiger partial charge in [-0.1, -0.05) is 35.2 Å². The molecule has 2 heterocycles. The third kappa shape index (κ3) is 3.09. The average molecular weight is 378 g/mol. The van der Waals surface area contributed by atoms with Crippen LogP contribution in [0.25, 0.3) is 17.4 Å². The number of carbonyl (C=O) groups is 2. The minimum Gasteiger partial charge on any atom is -0.457 e. The first-order chi connectivity index (χ1) is 11.5. The normalized spacial score (nSPS) is 16.0. The summed E-state index contributed by atoms with van der Waals surface area (Å²) in [7, 11) is 0. The van der Waals surface area contributed by atoms with E-state index < -0.39 is 11.1 Å². The molecule has 0 radical (unpaired) electrons. The summed E-state index contributed by atoms with van der Waals surface area (Å²) in [5.74, 6) is 2.79. The number of hydrogen-bond acceptors (Lipinski definition) is 4. The number of furan rings is 1. The summed E-state index contributed by atoms with van der Waals surface area (Å²) in [5, 5.41) is 0.408. The number of imide groups is 1. The maximum atomic E-state index is 12.1. The summed E-state index contributed by atoms with van der Waals surface area (Å²) < 4.78 is 5.69. The van der Waals surface area contributed by atoms with Gasteiger partial charge in [0.25, 0.3) is 11.1 Å². The van der Waals surface area contributed by atoms with Crippen LogP contribution in [0.15, 0.2) is 39.7 Å². The van der Waals surface area contributed by atoms with Crippen molar-refractivity contribution in [2.75, 3.05) is 6.54 Å². The highest BCUT2D eigenvalue weighted by atomic mass is 35.5. The largest absolute Gasteiger partial charge is 0.457 e. The molecule has 120 valence electrons. The Labute approximate surface area is 152 Å². The van der Waals surface area contributed by atoms with Crippen LogP contribution in [0.1, 0.15) is 5.76 Å². The summed E-state index contributed by atoms with van der Waals surface area (Å²) in [4.78, 5) is 25.1. The van der Waals surface area contributed by atoms with Crippen molar-refractivity contribution in [2.24, 2.45) is 0 Å². The van der Waals surface area contributed by atoms with E-state index >= 15 is 0 Å². The fourth-order valence-corrected chi connectivity index (χ4v) is 3.34. The van der Waals surface area contributed by atoms with Gasteiger partial charge in [-0.05, 0) is 36.0 Å². The van der Waals surface area contributed by atoms with Gasteiger partial charge in [0.1, 0.15) is 11.5 Å². The fourth-order valence-electron chi connectivity index (χ4n) is 2.13. The minimum atomic E-state index is -0.429. The molecule has 1 aromatic carbocycles. The number of rotatable bonds is 3. The molecular formula is C17H9Cl2NO3S. The Balaban J connectivity index is 1.90. The molecule has 0 atom stereocenters. The lowest BCUT2D eigenvalue weighted by atomic mass is 10.2. The Morgan fingerprint density at radius 3 is 2.79 bits per heavy atom. The molecule has 1 aromatic heterocycles. The summed E-state index contributed by atoms with van der Waals surface area (Å²) in [6, 6.07) is 8.62. The van der Waals surface area contributed by atoms with Crippen molar-refractivity contribution in [1.29, 1.82) is 0 Å². The van der Waals surface area contributed by atoms with Crippen molar-refractivity contribution in [1.82, 2.24) is 4.90 Å². The fraction of sp³-hybridized carbons (Fsp3) is 0.0588. The molecule has 0 aliphatic carbocycles. The van der Waals surface area contributed by atoms with Gasteiger partial charge >= 0.3 is 0 Å². The topological polar surface area (TPSA) is 50.5 Å². The predicted molar refractivity (Wildman–Crippen MR) is 95.7 cm³/mol. The van der Waals surface area contributed by atoms with E-state index in [0.29, 0.717) is 27.1 Å². The Kier molecular flexibility index (Phi) is 4.72. The van der Waals surface area contributed by atoms with Gasteiger partial charge in [-0.2, -0.15) is 0 Å². The van der Waals surface area contributed by atoms with E-state index in [0.717, 1.165) is 16.7 Å². The summed E-state index contributed by atoms with van der Waals surface area (Å²) in [5.41, 5.74) is 0.643. The third-order valence-electron chi connectivity index (χ3n) is 3.24. The third-order valence-corrected chi connectivity index (χ3v) is 4.97. The second-order valence-corrected chi connectivity index (χ2v) is 6.55. The molecule has 3 rings (SSSR count). The maximum Gasteiger partial charge on any atom is 0.294 e. The predicted octanol–water partition coefficient (Wildman–Crippen LogP) is 4.92. The van der Waals surface area contributed by atoms with Gasteiger partial charge < -0.3 is 4.42 Å². The number of hydrogen-bond donors (Lipinski definition) is 0. The van der Waals surface area contributed by atoms with E-state index in [2.05, 4.69) is 5.92 Å². The van der Waals surface area contributed by atoms with Crippen molar-refractivity contribution in [3.63, 3.8) is 0 Å². The van der Waals surface area contributed by atoms with Crippen LogP contribution in [0.4, 0.5) is 4.79 Å². The summed E-state index contributed by atoms with van der Waals surface area (Å²) >= 11 is 13.0. The van der Waals surface area contributed by atoms with Crippen LogP contribution in [0.3, 0.4) is 0 Å². The molecule has 24 heavy (non-hydrogen) atoms. The lowest BCUT2D eigenvalue weighted by Gasteiger charge is -2.06. The molecule has 1 fully saturated rings. The Morgan fingerprint density at radius 2 is 2.04 bits per heavy atom. The van der Waals surface area contributed by atoms with Crippen molar-refractivity contribution in [3.05, 3.63) is 51.0 Å². The highest BCUT2D eigenvalue weighted by Crippen LogP contribution is 2.36. The lowest BCUT2D eigenvalue weighted by molar-refractivity contribution is -0.122. The summed E-state index contributed by atoms with van der Waals surface area (Å²) in [6.07, 6.45) is 6.66. The van der Waals surface area contributed by atoms with Crippen molar-refractivity contribution in [2.45, 2.75) is 0 Å². The Hall–Kier alpha value is -2.13. The zero-order chi connectivity index (χ0) is 17.3. The monoisotopic (exact) mass is 377 g/mol. The first kappa shape index (κ1) is 16.7. The molecule has 0 spiro atoms. The first-order valence-corrected chi connectivity index (χ1v) is 8.31. The molecule has 0 N–H and O–H groups in total. The van der Waals surface area contributed by atoms with Crippen LogP contribution in [0.5, 0.6) is 0 Å². The standard InChI is InChI=1S/C17H9Cl2NO3S/c1-2-8-20-16(21)14(24-17(20)22)9-10-6-7-13(23-10)11-4-3-5-12(18)15(11)19/h1,3-7,9H,8H2. The smallest absolute Gasteiger partial charge is 0.294 e. The highest BCUT2D eigenvalue weighted by molar-refractivity contribution is 8.18. The SMILES string of the molecule is C#CCN1C(=O)SC(=Cc2ccc(-c3cccc(Cl)c3Cl)o2)C1=O. The first-order valence-electron chi connectivity index (χ1n) is 6.74. The van der Waals surface area contributed by atoms with E-state index in [1.54, 1.807) is 30.3 Å². The lowest BCUT2D eigenvalue weighted by Crippen LogP contribution is -2.28. The van der Waals surface area contributed by atoms with Crippen LogP contribution >= 0.6 is 35.0 Å². The van der Waals surface area contributed by atoms with Crippen LogP contribution in [-0.4, -0.2) is 22.6 Å². The zero-order valence-corrected chi connectivity index (χ0v) is 14.4. The second-order valence-electron chi connectivity index (χ2n) is 4.78. The number of halogens is 2. The molecule has 1 aliphatic heterocycles. The number of terminal acetylenes is 1. The quantitative estimate of drug-likeness (QED) is 0.562. The van der Waals surface area contributed by atoms with Gasteiger partial charge in [0, 0.05) is 11.6 Å². The Morgan fingerprint density at radius 1 is 1.25 bits per heavy atom. The van der Waals surface area contributed by atoms with Gasteiger partial charge in [-0.25, -0.2) is 0 Å². The van der Waals surface area contributed by atoms with E-state index in [1.165, 1.54) is 6.08 Å². The number of amides is 2. The molecular weight excluding hydrogens is 369 g/mol. The van der Waals surface area contributed by atoms with Crippen molar-refractivity contribution in [3.8, 4) is 23.7 Å². The summed E-state index contributed by atoms with van der Waals surface area (Å²) in [6.45, 7) is -0.0520. The van der Waals surface area contributed by atoms with E-state index in [4.69, 9.17) is 34.0 Å². The minimum absolute atomic E-state index is 0.0520. The van der Waals surface area contributed by atoms with Crippen LogP contribution < -0.4 is 0 Å². The molecule has 0 unspecified atom stereocenters. The van der Waals surface area contributed by atoms with E-state index in [9.17, 15) is 9.59 Å².